The molecule has 2 rings (SSSR count). The Morgan fingerprint density at radius 2 is 2.00 bits per heavy atom. The molecule has 1 fully saturated rings. The van der Waals surface area contributed by atoms with Crippen LogP contribution in [0.5, 0.6) is 0 Å². The maximum absolute atomic E-state index is 12.6. The Morgan fingerprint density at radius 3 is 2.43 bits per heavy atom. The molecule has 1 aliphatic rings. The maximum atomic E-state index is 12.6. The first-order valence-corrected chi connectivity index (χ1v) is 4.72. The molecular weight excluding hydrogens is 261 g/mol. The molecule has 1 aliphatic heterocycles. The summed E-state index contributed by atoms with van der Waals surface area (Å²) in [5, 5.41) is 0. The van der Waals surface area contributed by atoms with Crippen LogP contribution in [-0.2, 0) is 10.3 Å². The average molecular weight is 267 g/mol. The van der Waals surface area contributed by atoms with E-state index in [9.17, 15) is 13.2 Å². The van der Waals surface area contributed by atoms with Crippen LogP contribution in [-0.4, -0.2) is 12.8 Å². The number of hydrogen-bond acceptors (Lipinski definition) is 1. The van der Waals surface area contributed by atoms with E-state index < -0.39 is 11.8 Å². The van der Waals surface area contributed by atoms with Gasteiger partial charge in [-0.25, -0.2) is 0 Å². The average Bonchev–Trinajstić information content (AvgIpc) is 2.82. The van der Waals surface area contributed by atoms with Gasteiger partial charge < -0.3 is 4.74 Å². The standard InChI is InChI=1S/C9H6BrF3O/c10-7-3-1-2-6(4-7)8(5-14-8)9(11,12)13/h1-4H,5H2. The van der Waals surface area contributed by atoms with Crippen LogP contribution in [0, 0.1) is 0 Å². The number of halogens is 4. The molecule has 0 aromatic heterocycles. The molecule has 0 aliphatic carbocycles. The molecule has 1 heterocycles. The molecule has 0 N–H and O–H groups in total. The minimum absolute atomic E-state index is 0.152. The highest BCUT2D eigenvalue weighted by Crippen LogP contribution is 2.51. The van der Waals surface area contributed by atoms with Crippen molar-refractivity contribution in [3.63, 3.8) is 0 Å². The Kier molecular flexibility index (Phi) is 2.12. The SMILES string of the molecule is FC(F)(F)C1(c2cccc(Br)c2)CO1. The lowest BCUT2D eigenvalue weighted by atomic mass is 10.00. The summed E-state index contributed by atoms with van der Waals surface area (Å²) < 4.78 is 42.9. The zero-order valence-corrected chi connectivity index (χ0v) is 8.52. The van der Waals surface area contributed by atoms with Crippen LogP contribution in [0.25, 0.3) is 0 Å². The number of rotatable bonds is 1. The molecule has 1 aromatic rings. The van der Waals surface area contributed by atoms with Crippen molar-refractivity contribution in [3.05, 3.63) is 34.3 Å². The predicted octanol–water partition coefficient (Wildman–Crippen LogP) is 3.24. The lowest BCUT2D eigenvalue weighted by Crippen LogP contribution is -2.30. The third kappa shape index (κ3) is 1.44. The van der Waals surface area contributed by atoms with Gasteiger partial charge in [-0.2, -0.15) is 13.2 Å². The highest BCUT2D eigenvalue weighted by atomic mass is 79.9. The van der Waals surface area contributed by atoms with Crippen LogP contribution < -0.4 is 0 Å². The summed E-state index contributed by atoms with van der Waals surface area (Å²) in [5.74, 6) is 0. The van der Waals surface area contributed by atoms with Crippen molar-refractivity contribution in [1.29, 1.82) is 0 Å². The first kappa shape index (κ1) is 9.98. The van der Waals surface area contributed by atoms with Crippen LogP contribution in [0.4, 0.5) is 13.2 Å². The molecule has 0 radical (unpaired) electrons. The molecule has 0 bridgehead atoms. The van der Waals surface area contributed by atoms with Gasteiger partial charge in [0.05, 0.1) is 6.61 Å². The zero-order valence-electron chi connectivity index (χ0n) is 6.94. The minimum Gasteiger partial charge on any atom is -0.355 e. The molecule has 1 unspecified atom stereocenters. The quantitative estimate of drug-likeness (QED) is 0.711. The molecule has 1 atom stereocenters. The molecule has 1 nitrogen and oxygen atoms in total. The van der Waals surface area contributed by atoms with Gasteiger partial charge in [0, 0.05) is 4.47 Å². The normalized spacial score (nSPS) is 26.3. The molecule has 1 aromatic carbocycles. The highest BCUT2D eigenvalue weighted by molar-refractivity contribution is 9.10. The third-order valence-electron chi connectivity index (χ3n) is 2.18. The van der Waals surface area contributed by atoms with Gasteiger partial charge in [-0.1, -0.05) is 28.1 Å². The molecule has 0 spiro atoms. The van der Waals surface area contributed by atoms with Crippen molar-refractivity contribution in [3.8, 4) is 0 Å². The van der Waals surface area contributed by atoms with Crippen LogP contribution in [0.3, 0.4) is 0 Å². The summed E-state index contributed by atoms with van der Waals surface area (Å²) in [6.07, 6.45) is -4.34. The fourth-order valence-electron chi connectivity index (χ4n) is 1.31. The van der Waals surface area contributed by atoms with E-state index in [-0.39, 0.29) is 12.2 Å². The van der Waals surface area contributed by atoms with Crippen LogP contribution in [0.1, 0.15) is 5.56 Å². The Morgan fingerprint density at radius 1 is 1.36 bits per heavy atom. The molecule has 1 saturated heterocycles. The molecule has 5 heteroatoms. The summed E-state index contributed by atoms with van der Waals surface area (Å²) in [7, 11) is 0. The number of ether oxygens (including phenoxy) is 1. The topological polar surface area (TPSA) is 12.5 Å². The second-order valence-corrected chi connectivity index (χ2v) is 4.04. The first-order chi connectivity index (χ1) is 6.46. The van der Waals surface area contributed by atoms with Crippen molar-refractivity contribution in [2.75, 3.05) is 6.61 Å². The van der Waals surface area contributed by atoms with Crippen molar-refractivity contribution < 1.29 is 17.9 Å². The largest absolute Gasteiger partial charge is 0.424 e. The van der Waals surface area contributed by atoms with E-state index in [0.717, 1.165) is 0 Å². The van der Waals surface area contributed by atoms with Crippen LogP contribution in [0.2, 0.25) is 0 Å². The van der Waals surface area contributed by atoms with Crippen molar-refractivity contribution in [1.82, 2.24) is 0 Å². The van der Waals surface area contributed by atoms with Crippen molar-refractivity contribution in [2.45, 2.75) is 11.8 Å². The Hall–Kier alpha value is -0.550. The number of benzene rings is 1. The summed E-state index contributed by atoms with van der Waals surface area (Å²) in [6, 6.07) is 6.09. The van der Waals surface area contributed by atoms with Gasteiger partial charge in [-0.05, 0) is 17.7 Å². The van der Waals surface area contributed by atoms with Gasteiger partial charge >= 0.3 is 6.18 Å². The fraction of sp³-hybridized carbons (Fsp3) is 0.333. The lowest BCUT2D eigenvalue weighted by Gasteiger charge is -2.16. The summed E-state index contributed by atoms with van der Waals surface area (Å²) in [5.41, 5.74) is -1.91. The van der Waals surface area contributed by atoms with E-state index in [0.29, 0.717) is 4.47 Å². The van der Waals surface area contributed by atoms with Gasteiger partial charge in [-0.3, -0.25) is 0 Å². The van der Waals surface area contributed by atoms with Crippen LogP contribution in [0.15, 0.2) is 28.7 Å². The Labute approximate surface area is 87.0 Å². The highest BCUT2D eigenvalue weighted by Gasteiger charge is 2.67. The third-order valence-corrected chi connectivity index (χ3v) is 2.68. The predicted molar refractivity (Wildman–Crippen MR) is 47.8 cm³/mol. The van der Waals surface area contributed by atoms with Crippen molar-refractivity contribution in [2.24, 2.45) is 0 Å². The van der Waals surface area contributed by atoms with E-state index in [4.69, 9.17) is 0 Å². The maximum Gasteiger partial charge on any atom is 0.424 e. The van der Waals surface area contributed by atoms with Gasteiger partial charge in [-0.15, -0.1) is 0 Å². The monoisotopic (exact) mass is 266 g/mol. The zero-order chi connectivity index (χ0) is 10.4. The smallest absolute Gasteiger partial charge is 0.355 e. The van der Waals surface area contributed by atoms with E-state index in [2.05, 4.69) is 20.7 Å². The van der Waals surface area contributed by atoms with E-state index >= 15 is 0 Å². The number of alkyl halides is 3. The molecule has 14 heavy (non-hydrogen) atoms. The van der Waals surface area contributed by atoms with Gasteiger partial charge in [0.25, 0.3) is 0 Å². The minimum atomic E-state index is -4.34. The van der Waals surface area contributed by atoms with Crippen LogP contribution >= 0.6 is 15.9 Å². The lowest BCUT2D eigenvalue weighted by molar-refractivity contribution is -0.187. The van der Waals surface area contributed by atoms with E-state index in [1.807, 2.05) is 0 Å². The summed E-state index contributed by atoms with van der Waals surface area (Å²) in [6.45, 7) is -0.285. The second kappa shape index (κ2) is 2.97. The Bertz CT molecular complexity index is 357. The molecule has 76 valence electrons. The van der Waals surface area contributed by atoms with Gasteiger partial charge in [0.1, 0.15) is 0 Å². The first-order valence-electron chi connectivity index (χ1n) is 3.92. The van der Waals surface area contributed by atoms with Crippen molar-refractivity contribution >= 4 is 15.9 Å². The fourth-order valence-corrected chi connectivity index (χ4v) is 1.71. The number of hydrogen-bond donors (Lipinski definition) is 0. The number of epoxide rings is 1. The second-order valence-electron chi connectivity index (χ2n) is 3.12. The van der Waals surface area contributed by atoms with Gasteiger partial charge in [0.2, 0.25) is 5.60 Å². The molecular formula is C9H6BrF3O. The van der Waals surface area contributed by atoms with E-state index in [1.54, 1.807) is 12.1 Å². The molecule has 0 saturated carbocycles. The summed E-state index contributed by atoms with van der Waals surface area (Å²) in [4.78, 5) is 0. The Balaban J connectivity index is 2.41. The van der Waals surface area contributed by atoms with Gasteiger partial charge in [0.15, 0.2) is 0 Å². The molecule has 0 amide bonds. The van der Waals surface area contributed by atoms with E-state index in [1.165, 1.54) is 12.1 Å². The summed E-state index contributed by atoms with van der Waals surface area (Å²) >= 11 is 3.13.